The van der Waals surface area contributed by atoms with Gasteiger partial charge >= 0.3 is 0 Å². The van der Waals surface area contributed by atoms with Crippen molar-refractivity contribution in [2.24, 2.45) is 0 Å². The molecule has 1 aromatic carbocycles. The predicted molar refractivity (Wildman–Crippen MR) is 38.8 cm³/mol. The van der Waals surface area contributed by atoms with E-state index in [0.717, 1.165) is 5.19 Å². The van der Waals surface area contributed by atoms with Crippen molar-refractivity contribution in [1.82, 2.24) is 0 Å². The first-order chi connectivity index (χ1) is 4.34. The molecule has 1 nitrogen and oxygen atoms in total. The van der Waals surface area contributed by atoms with Gasteiger partial charge in [-0.1, -0.05) is 24.3 Å². The average Bonchev–Trinajstić information content (AvgIpc) is 1.89. The minimum atomic E-state index is -0.0711. The highest BCUT2D eigenvalue weighted by Gasteiger charge is 1.93. The molecule has 0 aliphatic rings. The smallest absolute Gasteiger partial charge is 0.265 e. The molecule has 1 aromatic rings. The highest BCUT2D eigenvalue weighted by atomic mass is 28.2. The van der Waals surface area contributed by atoms with Gasteiger partial charge in [0.25, 0.3) is 9.76 Å². The Morgan fingerprint density at radius 1 is 1.33 bits per heavy atom. The van der Waals surface area contributed by atoms with Crippen molar-refractivity contribution in [1.29, 1.82) is 0 Å². The third-order valence-corrected chi connectivity index (χ3v) is 2.07. The second-order valence-electron chi connectivity index (χ2n) is 1.93. The molecule has 0 heterocycles. The molecule has 1 N–H and O–H groups in total. The molecule has 0 aromatic heterocycles. The van der Waals surface area contributed by atoms with E-state index in [9.17, 15) is 0 Å². The highest BCUT2D eigenvalue weighted by molar-refractivity contribution is 6.46. The maximum Gasteiger partial charge on any atom is 0.265 e. The molecule has 46 valence electrons. The molecule has 0 aliphatic heterocycles. The number of hydrogen-bond acceptors (Lipinski definition) is 1. The minimum absolute atomic E-state index is 0.0711. The highest BCUT2D eigenvalue weighted by Crippen LogP contribution is 1.90. The Morgan fingerprint density at radius 3 is 2.44 bits per heavy atom. The summed E-state index contributed by atoms with van der Waals surface area (Å²) in [5.41, 5.74) is 1.17. The maximum atomic E-state index is 8.75. The fourth-order valence-electron chi connectivity index (χ4n) is 0.698. The van der Waals surface area contributed by atoms with Gasteiger partial charge in [0.1, 0.15) is 0 Å². The summed E-state index contributed by atoms with van der Waals surface area (Å²) in [7, 11) is -0.0711. The number of aryl methyl sites for hydroxylation is 1. The van der Waals surface area contributed by atoms with Crippen molar-refractivity contribution < 1.29 is 4.80 Å². The number of rotatable bonds is 1. The molecule has 1 rings (SSSR count). The van der Waals surface area contributed by atoms with E-state index < -0.39 is 0 Å². The quantitative estimate of drug-likeness (QED) is 0.548. The van der Waals surface area contributed by atoms with Gasteiger partial charge in [0, 0.05) is 0 Å². The summed E-state index contributed by atoms with van der Waals surface area (Å²) in [4.78, 5) is 8.75. The molecular formula is C7H8OSi. The molecule has 9 heavy (non-hydrogen) atoms. The summed E-state index contributed by atoms with van der Waals surface area (Å²) in [6.45, 7) is 2.00. The SMILES string of the molecule is Cc1ccccc1[Si]O. The maximum absolute atomic E-state index is 8.75. The topological polar surface area (TPSA) is 20.2 Å². The Labute approximate surface area is 57.3 Å². The normalized spacial score (nSPS) is 9.56. The molecule has 0 unspecified atom stereocenters. The predicted octanol–water partition coefficient (Wildman–Crippen LogP) is 0.232. The van der Waals surface area contributed by atoms with Gasteiger partial charge in [-0.05, 0) is 17.7 Å². The van der Waals surface area contributed by atoms with E-state index in [1.54, 1.807) is 0 Å². The lowest BCUT2D eigenvalue weighted by molar-refractivity contribution is 0.615. The van der Waals surface area contributed by atoms with Crippen LogP contribution < -0.4 is 5.19 Å². The zero-order valence-electron chi connectivity index (χ0n) is 5.26. The van der Waals surface area contributed by atoms with Gasteiger partial charge in [0.05, 0.1) is 0 Å². The first-order valence-electron chi connectivity index (χ1n) is 2.80. The molecule has 0 spiro atoms. The van der Waals surface area contributed by atoms with Crippen LogP contribution in [0, 0.1) is 6.92 Å². The van der Waals surface area contributed by atoms with Crippen LogP contribution in [0.3, 0.4) is 0 Å². The lowest BCUT2D eigenvalue weighted by Gasteiger charge is -1.96. The minimum Gasteiger partial charge on any atom is -0.428 e. The Hall–Kier alpha value is -0.603. The van der Waals surface area contributed by atoms with E-state index in [1.807, 2.05) is 31.2 Å². The third-order valence-electron chi connectivity index (χ3n) is 1.27. The molecule has 0 bridgehead atoms. The van der Waals surface area contributed by atoms with Gasteiger partial charge in [-0.15, -0.1) is 0 Å². The van der Waals surface area contributed by atoms with Crippen LogP contribution in [-0.4, -0.2) is 14.6 Å². The van der Waals surface area contributed by atoms with Crippen LogP contribution in [0.4, 0.5) is 0 Å². The Kier molecular flexibility index (Phi) is 2.03. The summed E-state index contributed by atoms with van der Waals surface area (Å²) >= 11 is 0. The second kappa shape index (κ2) is 2.80. The number of benzene rings is 1. The molecule has 2 heteroatoms. The van der Waals surface area contributed by atoms with Crippen molar-refractivity contribution in [2.45, 2.75) is 6.92 Å². The van der Waals surface area contributed by atoms with Crippen LogP contribution in [0.5, 0.6) is 0 Å². The van der Waals surface area contributed by atoms with Crippen LogP contribution in [-0.2, 0) is 0 Å². The second-order valence-corrected chi connectivity index (χ2v) is 2.69. The molecule has 0 aliphatic carbocycles. The summed E-state index contributed by atoms with van der Waals surface area (Å²) in [6, 6.07) is 7.84. The van der Waals surface area contributed by atoms with Gasteiger partial charge < -0.3 is 4.80 Å². The van der Waals surface area contributed by atoms with E-state index in [-0.39, 0.29) is 9.76 Å². The van der Waals surface area contributed by atoms with E-state index in [2.05, 4.69) is 0 Å². The Balaban J connectivity index is 3.01. The first-order valence-corrected chi connectivity index (χ1v) is 3.75. The van der Waals surface area contributed by atoms with Gasteiger partial charge in [0.15, 0.2) is 0 Å². The largest absolute Gasteiger partial charge is 0.428 e. The molecule has 0 fully saturated rings. The average molecular weight is 136 g/mol. The standard InChI is InChI=1S/C7H8OSi/c1-6-4-2-3-5-7(6)9-8/h2-5,8H,1H3. The Morgan fingerprint density at radius 2 is 2.00 bits per heavy atom. The van der Waals surface area contributed by atoms with E-state index in [4.69, 9.17) is 4.80 Å². The molecule has 0 saturated heterocycles. The zero-order valence-corrected chi connectivity index (χ0v) is 6.26. The third kappa shape index (κ3) is 1.40. The van der Waals surface area contributed by atoms with Crippen molar-refractivity contribution in [3.8, 4) is 0 Å². The van der Waals surface area contributed by atoms with Crippen molar-refractivity contribution >= 4 is 14.9 Å². The van der Waals surface area contributed by atoms with Gasteiger partial charge in [0.2, 0.25) is 0 Å². The first kappa shape index (κ1) is 6.52. The lowest BCUT2D eigenvalue weighted by Crippen LogP contribution is -2.15. The van der Waals surface area contributed by atoms with Crippen LogP contribution >= 0.6 is 0 Å². The molecule has 0 amide bonds. The monoisotopic (exact) mass is 136 g/mol. The molecule has 2 radical (unpaired) electrons. The summed E-state index contributed by atoms with van der Waals surface area (Å²) in [5, 5.41) is 1.04. The van der Waals surface area contributed by atoms with Gasteiger partial charge in [-0.3, -0.25) is 0 Å². The summed E-state index contributed by atoms with van der Waals surface area (Å²) in [5.74, 6) is 0. The van der Waals surface area contributed by atoms with Crippen LogP contribution in [0.2, 0.25) is 0 Å². The van der Waals surface area contributed by atoms with Crippen LogP contribution in [0.15, 0.2) is 24.3 Å². The summed E-state index contributed by atoms with van der Waals surface area (Å²) in [6.07, 6.45) is 0. The summed E-state index contributed by atoms with van der Waals surface area (Å²) < 4.78 is 0. The van der Waals surface area contributed by atoms with E-state index >= 15 is 0 Å². The van der Waals surface area contributed by atoms with Crippen molar-refractivity contribution in [2.75, 3.05) is 0 Å². The molecule has 0 saturated carbocycles. The molecular weight excluding hydrogens is 128 g/mol. The van der Waals surface area contributed by atoms with Gasteiger partial charge in [-0.2, -0.15) is 0 Å². The van der Waals surface area contributed by atoms with E-state index in [0.29, 0.717) is 0 Å². The zero-order chi connectivity index (χ0) is 6.69. The van der Waals surface area contributed by atoms with Gasteiger partial charge in [-0.25, -0.2) is 0 Å². The molecule has 0 atom stereocenters. The van der Waals surface area contributed by atoms with Crippen LogP contribution in [0.25, 0.3) is 0 Å². The Bertz CT molecular complexity index is 198. The fraction of sp³-hybridized carbons (Fsp3) is 0.143. The van der Waals surface area contributed by atoms with Crippen molar-refractivity contribution in [3.63, 3.8) is 0 Å². The van der Waals surface area contributed by atoms with Crippen molar-refractivity contribution in [3.05, 3.63) is 29.8 Å². The van der Waals surface area contributed by atoms with Crippen LogP contribution in [0.1, 0.15) is 5.56 Å². The lowest BCUT2D eigenvalue weighted by atomic mass is 10.2. The fourth-order valence-corrected chi connectivity index (χ4v) is 1.13. The van der Waals surface area contributed by atoms with E-state index in [1.165, 1.54) is 5.56 Å². The number of hydrogen-bond donors (Lipinski definition) is 1.